The van der Waals surface area contributed by atoms with Crippen molar-refractivity contribution < 1.29 is 35.9 Å². The van der Waals surface area contributed by atoms with Crippen LogP contribution in [0.1, 0.15) is 49.7 Å². The second-order valence-electron chi connectivity index (χ2n) is 15.4. The monoisotopic (exact) mass is 942 g/mol. The van der Waals surface area contributed by atoms with E-state index in [0.29, 0.717) is 36.2 Å². The van der Waals surface area contributed by atoms with E-state index in [4.69, 9.17) is 9.47 Å². The lowest BCUT2D eigenvalue weighted by molar-refractivity contribution is -0.121. The zero-order valence-electron chi connectivity index (χ0n) is 35.9. The maximum Gasteiger partial charge on any atom is 0.244 e. The summed E-state index contributed by atoms with van der Waals surface area (Å²) in [7, 11) is -4.31. The molecule has 2 N–H and O–H groups in total. The normalized spacial score (nSPS) is 17.1. The standard InChI is InChI=1S/2C23H25N3O4S2/c2*1-16-6-12-19(13-7-16)32(28,29)26-14-4-3-5-21(26)22(27)25-23-24-20(15-31-23)17-8-10-18(30-2)11-9-17/h2*6-13,15,21H,3-5,14H2,1-2H3,(H,24,25,27)/t2*21-/m11/s1. The first kappa shape index (κ1) is 46.5. The summed E-state index contributed by atoms with van der Waals surface area (Å²) in [5.74, 6) is 0.807. The predicted octanol–water partition coefficient (Wildman–Crippen LogP) is 8.62. The number of hydrogen-bond acceptors (Lipinski definition) is 12. The van der Waals surface area contributed by atoms with Gasteiger partial charge in [0.05, 0.1) is 35.4 Å². The smallest absolute Gasteiger partial charge is 0.244 e. The fourth-order valence-corrected chi connectivity index (χ4v) is 12.2. The highest BCUT2D eigenvalue weighted by Gasteiger charge is 2.39. The molecule has 0 saturated carbocycles. The van der Waals surface area contributed by atoms with Crippen LogP contribution in [-0.2, 0) is 29.6 Å². The molecule has 2 fully saturated rings. The Morgan fingerprint density at radius 3 is 1.27 bits per heavy atom. The van der Waals surface area contributed by atoms with Gasteiger partial charge >= 0.3 is 0 Å². The molecule has 4 aromatic carbocycles. The summed E-state index contributed by atoms with van der Waals surface area (Å²) in [5.41, 5.74) is 5.25. The van der Waals surface area contributed by atoms with Gasteiger partial charge in [0.25, 0.3) is 0 Å². The first-order valence-corrected chi connectivity index (χ1v) is 25.4. The van der Waals surface area contributed by atoms with Gasteiger partial charge in [-0.2, -0.15) is 8.61 Å². The first-order valence-electron chi connectivity index (χ1n) is 20.8. The third-order valence-electron chi connectivity index (χ3n) is 11.0. The van der Waals surface area contributed by atoms with Crippen LogP contribution in [0.4, 0.5) is 10.3 Å². The molecule has 2 aliphatic heterocycles. The number of carbonyl (C=O) groups excluding carboxylic acids is 2. The van der Waals surface area contributed by atoms with E-state index in [-0.39, 0.29) is 21.6 Å². The number of piperidine rings is 2. The number of amides is 2. The van der Waals surface area contributed by atoms with E-state index >= 15 is 0 Å². The summed E-state index contributed by atoms with van der Waals surface area (Å²) in [4.78, 5) is 35.6. The predicted molar refractivity (Wildman–Crippen MR) is 251 cm³/mol. The Morgan fingerprint density at radius 1 is 0.562 bits per heavy atom. The molecule has 0 unspecified atom stereocenters. The van der Waals surface area contributed by atoms with Crippen LogP contribution in [0.15, 0.2) is 118 Å². The molecule has 0 radical (unpaired) electrons. The van der Waals surface area contributed by atoms with Crippen LogP contribution in [0, 0.1) is 13.8 Å². The molecule has 2 aromatic heterocycles. The number of methoxy groups -OCH3 is 2. The van der Waals surface area contributed by atoms with E-state index in [1.54, 1.807) is 62.8 Å². The summed E-state index contributed by atoms with van der Waals surface area (Å²) in [6.45, 7) is 4.45. The number of benzene rings is 4. The Balaban J connectivity index is 0.000000191. The van der Waals surface area contributed by atoms with E-state index in [1.165, 1.54) is 31.3 Å². The second kappa shape index (κ2) is 20.6. The van der Waals surface area contributed by atoms with Gasteiger partial charge in [0.1, 0.15) is 23.6 Å². The van der Waals surface area contributed by atoms with Gasteiger partial charge in [-0.25, -0.2) is 26.8 Å². The van der Waals surface area contributed by atoms with E-state index in [9.17, 15) is 26.4 Å². The van der Waals surface area contributed by atoms with Crippen LogP contribution in [0.25, 0.3) is 22.5 Å². The third kappa shape index (κ3) is 10.9. The SMILES string of the molecule is COc1ccc(-c2csc(NC(=O)[C@H]3CCCCN3S(=O)(=O)c3ccc(C)cc3)n2)cc1.COc1ccc(-c2csc(NC(=O)[C@H]3CCCCN3S(=O)(=O)c3ccc(C)cc3)n2)cc1. The molecule has 2 amide bonds. The highest BCUT2D eigenvalue weighted by Crippen LogP contribution is 2.32. The van der Waals surface area contributed by atoms with Crippen molar-refractivity contribution in [3.8, 4) is 34.0 Å². The Hall–Kier alpha value is -5.50. The van der Waals surface area contributed by atoms with Gasteiger partial charge in [-0.3, -0.25) is 9.59 Å². The molecule has 2 aliphatic rings. The van der Waals surface area contributed by atoms with Gasteiger partial charge in [-0.15, -0.1) is 22.7 Å². The molecular weight excluding hydrogens is 893 g/mol. The average molecular weight is 943 g/mol. The van der Waals surface area contributed by atoms with E-state index in [0.717, 1.165) is 70.8 Å². The fourth-order valence-electron chi connectivity index (χ4n) is 7.43. The number of nitrogens with one attached hydrogen (secondary N) is 2. The van der Waals surface area contributed by atoms with Gasteiger partial charge in [0.15, 0.2) is 10.3 Å². The van der Waals surface area contributed by atoms with Crippen LogP contribution >= 0.6 is 22.7 Å². The largest absolute Gasteiger partial charge is 0.497 e. The molecule has 8 rings (SSSR count). The first-order chi connectivity index (χ1) is 30.8. The van der Waals surface area contributed by atoms with Crippen molar-refractivity contribution in [3.05, 3.63) is 119 Å². The van der Waals surface area contributed by atoms with E-state index in [1.807, 2.05) is 73.1 Å². The molecule has 6 aromatic rings. The number of nitrogens with zero attached hydrogens (tertiary/aromatic N) is 4. The topological polar surface area (TPSA) is 177 Å². The summed E-state index contributed by atoms with van der Waals surface area (Å²) in [5, 5.41) is 10.3. The summed E-state index contributed by atoms with van der Waals surface area (Å²) in [6, 6.07) is 26.9. The zero-order chi connectivity index (χ0) is 45.4. The molecular formula is C46H50N6O8S4. The Kier molecular flexibility index (Phi) is 14.9. The number of aryl methyl sites for hydroxylation is 2. The summed E-state index contributed by atoms with van der Waals surface area (Å²) in [6.07, 6.45) is 4.02. The molecule has 2 atom stereocenters. The number of carbonyl (C=O) groups is 2. The molecule has 4 heterocycles. The van der Waals surface area contributed by atoms with E-state index < -0.39 is 32.1 Å². The van der Waals surface area contributed by atoms with Gasteiger partial charge in [-0.1, -0.05) is 48.2 Å². The Bertz CT molecular complexity index is 2570. The molecule has 14 nitrogen and oxygen atoms in total. The van der Waals surface area contributed by atoms with Crippen LogP contribution in [0.3, 0.4) is 0 Å². The lowest BCUT2D eigenvalue weighted by Crippen LogP contribution is -2.49. The van der Waals surface area contributed by atoms with Crippen molar-refractivity contribution in [3.63, 3.8) is 0 Å². The highest BCUT2D eigenvalue weighted by molar-refractivity contribution is 7.89. The average Bonchev–Trinajstić information content (AvgIpc) is 3.99. The van der Waals surface area contributed by atoms with Crippen molar-refractivity contribution in [2.75, 3.05) is 37.9 Å². The number of sulfonamides is 2. The molecule has 18 heteroatoms. The minimum atomic E-state index is -3.77. The molecule has 336 valence electrons. The maximum atomic E-state index is 13.2. The fraction of sp³-hybridized carbons (Fsp3) is 0.304. The van der Waals surface area contributed by atoms with E-state index in [2.05, 4.69) is 20.6 Å². The van der Waals surface area contributed by atoms with Gasteiger partial charge in [0, 0.05) is 35.0 Å². The number of thiazole rings is 2. The molecule has 0 aliphatic carbocycles. The van der Waals surface area contributed by atoms with Gasteiger partial charge in [-0.05, 0) is 112 Å². The van der Waals surface area contributed by atoms with Crippen LogP contribution in [0.2, 0.25) is 0 Å². The number of aromatic nitrogens is 2. The van der Waals surface area contributed by atoms with Crippen molar-refractivity contribution in [1.29, 1.82) is 0 Å². The molecule has 64 heavy (non-hydrogen) atoms. The number of rotatable bonds is 12. The van der Waals surface area contributed by atoms with Crippen LogP contribution in [0.5, 0.6) is 11.5 Å². The van der Waals surface area contributed by atoms with Gasteiger partial charge < -0.3 is 20.1 Å². The molecule has 2 saturated heterocycles. The van der Waals surface area contributed by atoms with Gasteiger partial charge in [0.2, 0.25) is 31.9 Å². The summed E-state index contributed by atoms with van der Waals surface area (Å²) < 4.78 is 65.9. The number of ether oxygens (including phenoxy) is 2. The third-order valence-corrected chi connectivity index (χ3v) is 16.4. The lowest BCUT2D eigenvalue weighted by atomic mass is 10.0. The number of anilines is 2. The lowest BCUT2D eigenvalue weighted by Gasteiger charge is -2.33. The van der Waals surface area contributed by atoms with Crippen molar-refractivity contribution in [2.45, 2.75) is 74.2 Å². The molecule has 0 bridgehead atoms. The van der Waals surface area contributed by atoms with Crippen molar-refractivity contribution in [2.24, 2.45) is 0 Å². The van der Waals surface area contributed by atoms with Crippen molar-refractivity contribution in [1.82, 2.24) is 18.6 Å². The second-order valence-corrected chi connectivity index (χ2v) is 20.9. The highest BCUT2D eigenvalue weighted by atomic mass is 32.2. The minimum Gasteiger partial charge on any atom is -0.497 e. The van der Waals surface area contributed by atoms with Crippen molar-refractivity contribution >= 4 is 64.8 Å². The number of hydrogen-bond donors (Lipinski definition) is 2. The summed E-state index contributed by atoms with van der Waals surface area (Å²) >= 11 is 2.62. The van der Waals surface area contributed by atoms with Crippen LogP contribution < -0.4 is 20.1 Å². The molecule has 0 spiro atoms. The maximum absolute atomic E-state index is 13.2. The quantitative estimate of drug-likeness (QED) is 0.121. The minimum absolute atomic E-state index is 0.207. The Morgan fingerprint density at radius 2 is 0.922 bits per heavy atom. The zero-order valence-corrected chi connectivity index (χ0v) is 39.2. The Labute approximate surface area is 382 Å². The van der Waals surface area contributed by atoms with Crippen LogP contribution in [-0.4, -0.2) is 86.6 Å².